The molecule has 0 aromatic carbocycles. The Morgan fingerprint density at radius 2 is 2.26 bits per heavy atom. The van der Waals surface area contributed by atoms with Gasteiger partial charge in [0.1, 0.15) is 0 Å². The summed E-state index contributed by atoms with van der Waals surface area (Å²) in [7, 11) is 2.01. The van der Waals surface area contributed by atoms with E-state index in [2.05, 4.69) is 30.0 Å². The number of likely N-dealkylation sites (N-methyl/N-ethyl adjacent to an activating group) is 1. The van der Waals surface area contributed by atoms with Gasteiger partial charge in [-0.15, -0.1) is 5.10 Å². The van der Waals surface area contributed by atoms with Crippen LogP contribution in [0.1, 0.15) is 11.4 Å². The van der Waals surface area contributed by atoms with E-state index in [4.69, 9.17) is 4.74 Å². The van der Waals surface area contributed by atoms with Crippen molar-refractivity contribution in [2.45, 2.75) is 19.6 Å². The van der Waals surface area contributed by atoms with Crippen LogP contribution in [-0.4, -0.2) is 64.5 Å². The van der Waals surface area contributed by atoms with Crippen LogP contribution in [0.2, 0.25) is 0 Å². The fraction of sp³-hybridized carbons (Fsp3) is 0.500. The van der Waals surface area contributed by atoms with Crippen molar-refractivity contribution in [3.63, 3.8) is 0 Å². The number of hydrogen-bond acceptors (Lipinski definition) is 7. The number of morpholine rings is 1. The zero-order valence-corrected chi connectivity index (χ0v) is 13.6. The van der Waals surface area contributed by atoms with Crippen LogP contribution in [0.4, 0.5) is 5.82 Å². The second kappa shape index (κ2) is 7.43. The molecule has 1 aliphatic heterocycles. The van der Waals surface area contributed by atoms with Crippen LogP contribution in [0.25, 0.3) is 0 Å². The minimum Gasteiger partial charge on any atom is -0.374 e. The van der Waals surface area contributed by atoms with Crippen LogP contribution in [-0.2, 0) is 11.3 Å². The first kappa shape index (κ1) is 15.8. The smallest absolute Gasteiger partial charge is 0.151 e. The maximum Gasteiger partial charge on any atom is 0.151 e. The monoisotopic (exact) mass is 314 g/mol. The molecule has 1 saturated heterocycles. The van der Waals surface area contributed by atoms with E-state index in [1.807, 2.05) is 38.5 Å². The average Bonchev–Trinajstić information content (AvgIpc) is 2.58. The fourth-order valence-corrected chi connectivity index (χ4v) is 2.66. The molecule has 0 N–H and O–H groups in total. The van der Waals surface area contributed by atoms with E-state index in [-0.39, 0.29) is 6.10 Å². The van der Waals surface area contributed by atoms with Crippen molar-refractivity contribution in [2.75, 3.05) is 38.2 Å². The van der Waals surface area contributed by atoms with E-state index in [0.717, 1.165) is 50.0 Å². The summed E-state index contributed by atoms with van der Waals surface area (Å²) < 4.78 is 5.89. The predicted molar refractivity (Wildman–Crippen MR) is 87.1 cm³/mol. The van der Waals surface area contributed by atoms with Gasteiger partial charge in [0.25, 0.3) is 0 Å². The summed E-state index contributed by atoms with van der Waals surface area (Å²) in [5.41, 5.74) is 1.94. The van der Waals surface area contributed by atoms with Gasteiger partial charge in [-0.25, -0.2) is 0 Å². The van der Waals surface area contributed by atoms with Gasteiger partial charge in [0.15, 0.2) is 5.82 Å². The highest BCUT2D eigenvalue weighted by molar-refractivity contribution is 5.35. The molecule has 0 bridgehead atoms. The van der Waals surface area contributed by atoms with Crippen molar-refractivity contribution in [1.82, 2.24) is 25.1 Å². The van der Waals surface area contributed by atoms with Gasteiger partial charge < -0.3 is 9.64 Å². The van der Waals surface area contributed by atoms with Crippen LogP contribution in [0.5, 0.6) is 0 Å². The van der Waals surface area contributed by atoms with E-state index in [1.54, 1.807) is 6.20 Å². The van der Waals surface area contributed by atoms with E-state index >= 15 is 0 Å². The molecule has 7 heteroatoms. The molecular weight excluding hydrogens is 292 g/mol. The molecule has 3 heterocycles. The van der Waals surface area contributed by atoms with Crippen molar-refractivity contribution in [2.24, 2.45) is 0 Å². The lowest BCUT2D eigenvalue weighted by atomic mass is 10.2. The van der Waals surface area contributed by atoms with E-state index < -0.39 is 0 Å². The first-order valence-electron chi connectivity index (χ1n) is 7.81. The lowest BCUT2D eigenvalue weighted by molar-refractivity contribution is -0.0268. The molecule has 0 aliphatic carbocycles. The Kier molecular flexibility index (Phi) is 5.09. The number of ether oxygens (including phenoxy) is 1. The lowest BCUT2D eigenvalue weighted by Crippen LogP contribution is -2.46. The molecule has 3 rings (SSSR count). The van der Waals surface area contributed by atoms with E-state index in [9.17, 15) is 0 Å². The number of hydrogen-bond donors (Lipinski definition) is 0. The van der Waals surface area contributed by atoms with Gasteiger partial charge >= 0.3 is 0 Å². The van der Waals surface area contributed by atoms with Gasteiger partial charge in [0, 0.05) is 51.8 Å². The second-order valence-corrected chi connectivity index (χ2v) is 5.84. The van der Waals surface area contributed by atoms with Crippen LogP contribution in [0.3, 0.4) is 0 Å². The van der Waals surface area contributed by atoms with Gasteiger partial charge in [0.05, 0.1) is 24.1 Å². The Morgan fingerprint density at radius 1 is 1.35 bits per heavy atom. The highest BCUT2D eigenvalue weighted by atomic mass is 16.5. The molecule has 23 heavy (non-hydrogen) atoms. The maximum absolute atomic E-state index is 5.89. The van der Waals surface area contributed by atoms with Gasteiger partial charge in [-0.05, 0) is 19.1 Å². The Hall–Kier alpha value is -2.12. The Morgan fingerprint density at radius 3 is 3.00 bits per heavy atom. The molecule has 1 atom stereocenters. The van der Waals surface area contributed by atoms with Crippen molar-refractivity contribution >= 4 is 5.82 Å². The van der Waals surface area contributed by atoms with Crippen molar-refractivity contribution in [3.8, 4) is 0 Å². The first-order chi connectivity index (χ1) is 11.2. The first-order valence-corrected chi connectivity index (χ1v) is 7.81. The summed E-state index contributed by atoms with van der Waals surface area (Å²) in [6, 6.07) is 3.85. The predicted octanol–water partition coefficient (Wildman–Crippen LogP) is 0.912. The summed E-state index contributed by atoms with van der Waals surface area (Å²) in [4.78, 5) is 13.2. The zero-order valence-electron chi connectivity index (χ0n) is 13.6. The molecule has 7 nitrogen and oxygen atoms in total. The van der Waals surface area contributed by atoms with Gasteiger partial charge in [0.2, 0.25) is 0 Å². The summed E-state index contributed by atoms with van der Waals surface area (Å²) in [6.45, 7) is 6.07. The Bertz CT molecular complexity index is 606. The summed E-state index contributed by atoms with van der Waals surface area (Å²) >= 11 is 0. The number of rotatable bonds is 5. The van der Waals surface area contributed by atoms with E-state index in [0.29, 0.717) is 0 Å². The topological polar surface area (TPSA) is 67.3 Å². The number of aryl methyl sites for hydroxylation is 1. The summed E-state index contributed by atoms with van der Waals surface area (Å²) in [5.74, 6) is 0.859. The van der Waals surface area contributed by atoms with Crippen LogP contribution in [0, 0.1) is 6.92 Å². The van der Waals surface area contributed by atoms with Gasteiger partial charge in [-0.2, -0.15) is 5.10 Å². The summed E-state index contributed by atoms with van der Waals surface area (Å²) in [5, 5.41) is 8.05. The largest absolute Gasteiger partial charge is 0.374 e. The number of aromatic nitrogens is 4. The van der Waals surface area contributed by atoms with Crippen LogP contribution >= 0.6 is 0 Å². The van der Waals surface area contributed by atoms with Crippen LogP contribution in [0.15, 0.2) is 30.7 Å². The van der Waals surface area contributed by atoms with E-state index in [1.165, 1.54) is 0 Å². The van der Waals surface area contributed by atoms with Crippen molar-refractivity contribution in [1.29, 1.82) is 0 Å². The molecule has 2 aromatic rings. The summed E-state index contributed by atoms with van der Waals surface area (Å²) in [6.07, 6.45) is 5.49. The van der Waals surface area contributed by atoms with Gasteiger partial charge in [-0.3, -0.25) is 14.9 Å². The quantitative estimate of drug-likeness (QED) is 0.812. The maximum atomic E-state index is 5.89. The average molecular weight is 314 g/mol. The molecule has 1 fully saturated rings. The number of nitrogens with zero attached hydrogens (tertiary/aromatic N) is 6. The van der Waals surface area contributed by atoms with Crippen molar-refractivity contribution in [3.05, 3.63) is 42.1 Å². The molecule has 0 unspecified atom stereocenters. The molecule has 0 spiro atoms. The molecule has 0 saturated carbocycles. The van der Waals surface area contributed by atoms with Crippen molar-refractivity contribution < 1.29 is 4.74 Å². The third kappa shape index (κ3) is 4.43. The normalized spacial score (nSPS) is 18.8. The highest BCUT2D eigenvalue weighted by Gasteiger charge is 2.22. The van der Waals surface area contributed by atoms with Gasteiger partial charge in [-0.1, -0.05) is 0 Å². The third-order valence-corrected chi connectivity index (χ3v) is 3.87. The lowest BCUT2D eigenvalue weighted by Gasteiger charge is -2.34. The third-order valence-electron chi connectivity index (χ3n) is 3.87. The Balaban J connectivity index is 1.54. The number of anilines is 1. The zero-order chi connectivity index (χ0) is 16.1. The minimum absolute atomic E-state index is 0.147. The molecular formula is C16H22N6O. The Labute approximate surface area is 136 Å². The second-order valence-electron chi connectivity index (χ2n) is 5.84. The molecule has 2 aromatic heterocycles. The standard InChI is InChI=1S/C16H22N6O/c1-13-8-18-14(9-17-13)10-22-6-7-23-15(12-22)11-21(2)16-4-3-5-19-20-16/h3-5,8-9,15H,6-7,10-12H2,1-2H3/t15-/m0/s1. The fourth-order valence-electron chi connectivity index (χ4n) is 2.66. The molecule has 1 aliphatic rings. The van der Waals surface area contributed by atoms with Crippen LogP contribution < -0.4 is 4.90 Å². The SMILES string of the molecule is Cc1cnc(CN2CCO[C@@H](CN(C)c3cccnn3)C2)cn1. The molecule has 0 radical (unpaired) electrons. The molecule has 0 amide bonds. The molecule has 122 valence electrons. The minimum atomic E-state index is 0.147. The highest BCUT2D eigenvalue weighted by Crippen LogP contribution is 2.12.